The van der Waals surface area contributed by atoms with Gasteiger partial charge in [0.25, 0.3) is 0 Å². The molecule has 1 aliphatic rings. The summed E-state index contributed by atoms with van der Waals surface area (Å²) < 4.78 is 0. The van der Waals surface area contributed by atoms with Crippen LogP contribution in [0.5, 0.6) is 5.75 Å². The van der Waals surface area contributed by atoms with Crippen molar-refractivity contribution in [1.29, 1.82) is 0 Å². The minimum atomic E-state index is -0.884. The van der Waals surface area contributed by atoms with E-state index < -0.39 is 11.9 Å². The molecule has 6 nitrogen and oxygen atoms in total. The second-order valence-electron chi connectivity index (χ2n) is 4.70. The number of carboxylic acid groups (broad SMARTS) is 1. The molecule has 0 fully saturated rings. The lowest BCUT2D eigenvalue weighted by Crippen LogP contribution is -2.42. The van der Waals surface area contributed by atoms with Gasteiger partial charge >= 0.3 is 12.0 Å². The Morgan fingerprint density at radius 2 is 1.90 bits per heavy atom. The number of carbonyl (C=O) groups is 2. The van der Waals surface area contributed by atoms with Gasteiger partial charge < -0.3 is 15.5 Å². The first-order valence-corrected chi connectivity index (χ1v) is 6.22. The van der Waals surface area contributed by atoms with Crippen molar-refractivity contribution < 1.29 is 19.8 Å². The van der Waals surface area contributed by atoms with Crippen LogP contribution in [-0.2, 0) is 4.79 Å². The molecule has 2 amide bonds. The number of aliphatic carboxylic acids is 1. The highest BCUT2D eigenvalue weighted by Gasteiger charge is 2.26. The summed E-state index contributed by atoms with van der Waals surface area (Å²) >= 11 is 0. The van der Waals surface area contributed by atoms with Gasteiger partial charge in [-0.1, -0.05) is 12.2 Å². The lowest BCUT2D eigenvalue weighted by atomic mass is 10.1. The third kappa shape index (κ3) is 3.09. The van der Waals surface area contributed by atoms with Crippen molar-refractivity contribution in [2.45, 2.75) is 12.5 Å². The predicted octanol–water partition coefficient (Wildman–Crippen LogP) is 1.57. The number of aromatic hydroxyl groups is 1. The normalized spacial score (nSPS) is 20.6. The van der Waals surface area contributed by atoms with E-state index in [9.17, 15) is 14.7 Å². The number of anilines is 1. The number of carboxylic acids is 1. The smallest absolute Gasteiger partial charge is 0.322 e. The van der Waals surface area contributed by atoms with Gasteiger partial charge in [0.2, 0.25) is 0 Å². The maximum Gasteiger partial charge on any atom is 0.322 e. The summed E-state index contributed by atoms with van der Waals surface area (Å²) in [7, 11) is 1.61. The number of hydrogen-bond donors (Lipinski definition) is 3. The predicted molar refractivity (Wildman–Crippen MR) is 73.7 cm³/mol. The van der Waals surface area contributed by atoms with Gasteiger partial charge in [0.15, 0.2) is 0 Å². The fourth-order valence-corrected chi connectivity index (χ4v) is 2.04. The zero-order valence-electron chi connectivity index (χ0n) is 11.0. The van der Waals surface area contributed by atoms with Crippen LogP contribution >= 0.6 is 0 Å². The molecule has 20 heavy (non-hydrogen) atoms. The number of carbonyl (C=O) groups excluding carboxylic acids is 1. The Morgan fingerprint density at radius 1 is 1.25 bits per heavy atom. The van der Waals surface area contributed by atoms with Crippen LogP contribution < -0.4 is 10.2 Å². The molecule has 0 aliphatic heterocycles. The molecule has 0 saturated heterocycles. The molecular formula is C14H16N2O4. The largest absolute Gasteiger partial charge is 0.508 e. The number of phenolic OH excluding ortho intramolecular Hbond substituents is 1. The fraction of sp³-hybridized carbons (Fsp3) is 0.286. The third-order valence-electron chi connectivity index (χ3n) is 3.25. The van der Waals surface area contributed by atoms with Gasteiger partial charge in [0.1, 0.15) is 5.75 Å². The van der Waals surface area contributed by atoms with Crippen molar-refractivity contribution in [1.82, 2.24) is 5.32 Å². The molecule has 0 heterocycles. The Kier molecular flexibility index (Phi) is 3.93. The zero-order chi connectivity index (χ0) is 14.7. The maximum absolute atomic E-state index is 12.0. The van der Waals surface area contributed by atoms with E-state index in [1.165, 1.54) is 17.0 Å². The Balaban J connectivity index is 1.94. The molecule has 106 valence electrons. The summed E-state index contributed by atoms with van der Waals surface area (Å²) in [5, 5.41) is 20.8. The van der Waals surface area contributed by atoms with Gasteiger partial charge in [-0.15, -0.1) is 0 Å². The monoisotopic (exact) mass is 276 g/mol. The Morgan fingerprint density at radius 3 is 2.45 bits per heavy atom. The number of amides is 2. The van der Waals surface area contributed by atoms with Crippen LogP contribution in [-0.4, -0.2) is 35.3 Å². The fourth-order valence-electron chi connectivity index (χ4n) is 2.04. The maximum atomic E-state index is 12.0. The first-order chi connectivity index (χ1) is 9.47. The first-order valence-electron chi connectivity index (χ1n) is 6.22. The van der Waals surface area contributed by atoms with Crippen LogP contribution in [0.25, 0.3) is 0 Å². The van der Waals surface area contributed by atoms with Crippen molar-refractivity contribution >= 4 is 17.7 Å². The van der Waals surface area contributed by atoms with Crippen LogP contribution in [0.2, 0.25) is 0 Å². The lowest BCUT2D eigenvalue weighted by Gasteiger charge is -2.20. The van der Waals surface area contributed by atoms with Gasteiger partial charge in [0.05, 0.1) is 12.0 Å². The average molecular weight is 276 g/mol. The lowest BCUT2D eigenvalue weighted by molar-refractivity contribution is -0.140. The highest BCUT2D eigenvalue weighted by molar-refractivity contribution is 5.91. The summed E-state index contributed by atoms with van der Waals surface area (Å²) in [5.41, 5.74) is 0.636. The first kappa shape index (κ1) is 13.9. The van der Waals surface area contributed by atoms with Crippen molar-refractivity contribution in [3.05, 3.63) is 36.4 Å². The summed E-state index contributed by atoms with van der Waals surface area (Å²) in [4.78, 5) is 24.3. The quantitative estimate of drug-likeness (QED) is 0.731. The second kappa shape index (κ2) is 5.64. The summed E-state index contributed by atoms with van der Waals surface area (Å²) in [6.45, 7) is 0. The van der Waals surface area contributed by atoms with E-state index in [4.69, 9.17) is 5.11 Å². The summed E-state index contributed by atoms with van der Waals surface area (Å²) in [6.07, 6.45) is 3.65. The van der Waals surface area contributed by atoms with Crippen LogP contribution in [0.4, 0.5) is 10.5 Å². The third-order valence-corrected chi connectivity index (χ3v) is 3.25. The molecular weight excluding hydrogens is 260 g/mol. The standard InChI is InChI=1S/C14H16N2O4/c1-16(11-4-6-12(17)7-5-11)14(20)15-10-3-2-9(8-10)13(18)19/h2-7,9-10,17H,8H2,1H3,(H,15,20)(H,18,19). The number of phenols is 1. The van der Waals surface area contributed by atoms with Crippen molar-refractivity contribution in [3.8, 4) is 5.75 Å². The minimum Gasteiger partial charge on any atom is -0.508 e. The van der Waals surface area contributed by atoms with Crippen molar-refractivity contribution in [2.24, 2.45) is 5.92 Å². The number of nitrogens with one attached hydrogen (secondary N) is 1. The molecule has 2 rings (SSSR count). The molecule has 2 atom stereocenters. The molecule has 6 heteroatoms. The van der Waals surface area contributed by atoms with E-state index in [0.717, 1.165) is 0 Å². The molecule has 1 aromatic rings. The zero-order valence-corrected chi connectivity index (χ0v) is 11.0. The molecule has 1 aliphatic carbocycles. The second-order valence-corrected chi connectivity index (χ2v) is 4.70. The van der Waals surface area contributed by atoms with Gasteiger partial charge in [-0.3, -0.25) is 9.69 Å². The van der Waals surface area contributed by atoms with Crippen molar-refractivity contribution in [2.75, 3.05) is 11.9 Å². The highest BCUT2D eigenvalue weighted by Crippen LogP contribution is 2.20. The van der Waals surface area contributed by atoms with Gasteiger partial charge in [-0.2, -0.15) is 0 Å². The van der Waals surface area contributed by atoms with E-state index in [1.54, 1.807) is 31.3 Å². The number of benzene rings is 1. The Labute approximate surface area is 116 Å². The van der Waals surface area contributed by atoms with Gasteiger partial charge in [-0.05, 0) is 30.7 Å². The van der Waals surface area contributed by atoms with Gasteiger partial charge in [-0.25, -0.2) is 4.79 Å². The Hall–Kier alpha value is -2.50. The number of nitrogens with zero attached hydrogens (tertiary/aromatic N) is 1. The number of rotatable bonds is 3. The van der Waals surface area contributed by atoms with Crippen LogP contribution in [0.1, 0.15) is 6.42 Å². The van der Waals surface area contributed by atoms with Crippen molar-refractivity contribution in [3.63, 3.8) is 0 Å². The molecule has 0 radical (unpaired) electrons. The van der Waals surface area contributed by atoms with E-state index in [-0.39, 0.29) is 17.8 Å². The topological polar surface area (TPSA) is 89.9 Å². The minimum absolute atomic E-state index is 0.130. The molecule has 0 bridgehead atoms. The molecule has 0 spiro atoms. The van der Waals surface area contributed by atoms with Crippen LogP contribution in [0.15, 0.2) is 36.4 Å². The molecule has 0 aromatic heterocycles. The van der Waals surface area contributed by atoms with E-state index in [2.05, 4.69) is 5.32 Å². The summed E-state index contributed by atoms with van der Waals surface area (Å²) in [5.74, 6) is -1.30. The molecule has 2 unspecified atom stereocenters. The summed E-state index contributed by atoms with van der Waals surface area (Å²) in [6, 6.07) is 5.64. The molecule has 1 aromatic carbocycles. The Bertz CT molecular complexity index is 539. The van der Waals surface area contributed by atoms with Gasteiger partial charge in [0, 0.05) is 12.7 Å². The number of hydrogen-bond acceptors (Lipinski definition) is 3. The number of urea groups is 1. The van der Waals surface area contributed by atoms with E-state index in [0.29, 0.717) is 12.1 Å². The van der Waals surface area contributed by atoms with Crippen LogP contribution in [0.3, 0.4) is 0 Å². The average Bonchev–Trinajstić information content (AvgIpc) is 2.87. The SMILES string of the molecule is CN(C(=O)NC1C=CC(C(=O)O)C1)c1ccc(O)cc1. The van der Waals surface area contributed by atoms with E-state index in [1.807, 2.05) is 0 Å². The highest BCUT2D eigenvalue weighted by atomic mass is 16.4. The molecule has 3 N–H and O–H groups in total. The van der Waals surface area contributed by atoms with Crippen LogP contribution in [0, 0.1) is 5.92 Å². The molecule has 0 saturated carbocycles. The van der Waals surface area contributed by atoms with E-state index >= 15 is 0 Å².